The number of halogens is 1. The number of nitro groups is 1. The Kier molecular flexibility index (Phi) is 5.31. The van der Waals surface area contributed by atoms with E-state index in [1.54, 1.807) is 6.21 Å². The predicted octanol–water partition coefficient (Wildman–Crippen LogP) is 4.45. The van der Waals surface area contributed by atoms with Gasteiger partial charge in [0.05, 0.1) is 11.1 Å². The van der Waals surface area contributed by atoms with Gasteiger partial charge in [0.15, 0.2) is 0 Å². The molecule has 2 aromatic heterocycles. The van der Waals surface area contributed by atoms with Gasteiger partial charge < -0.3 is 4.57 Å². The van der Waals surface area contributed by atoms with Crippen molar-refractivity contribution in [1.82, 2.24) is 9.55 Å². The second-order valence-electron chi connectivity index (χ2n) is 5.67. The van der Waals surface area contributed by atoms with Gasteiger partial charge in [-0.3, -0.25) is 15.5 Å². The highest BCUT2D eigenvalue weighted by molar-refractivity contribution is 14.1. The van der Waals surface area contributed by atoms with Crippen molar-refractivity contribution in [3.63, 3.8) is 0 Å². The van der Waals surface area contributed by atoms with E-state index in [-0.39, 0.29) is 5.69 Å². The van der Waals surface area contributed by atoms with E-state index < -0.39 is 4.92 Å². The lowest BCUT2D eigenvalue weighted by molar-refractivity contribution is -0.385. The third kappa shape index (κ3) is 3.90. The summed E-state index contributed by atoms with van der Waals surface area (Å²) in [6.45, 7) is 4.09. The summed E-state index contributed by atoms with van der Waals surface area (Å²) < 4.78 is 3.36. The fraction of sp³-hybridized carbons (Fsp3) is 0.111. The highest BCUT2D eigenvalue weighted by Crippen LogP contribution is 2.20. The van der Waals surface area contributed by atoms with Crippen LogP contribution in [0.1, 0.15) is 17.0 Å². The fourth-order valence-electron chi connectivity index (χ4n) is 2.63. The Morgan fingerprint density at radius 2 is 1.96 bits per heavy atom. The molecule has 0 atom stereocenters. The van der Waals surface area contributed by atoms with Gasteiger partial charge >= 0.3 is 0 Å². The molecule has 3 aromatic rings. The monoisotopic (exact) mass is 461 g/mol. The van der Waals surface area contributed by atoms with Gasteiger partial charge in [0, 0.05) is 32.3 Å². The van der Waals surface area contributed by atoms with E-state index in [9.17, 15) is 10.1 Å². The van der Waals surface area contributed by atoms with Crippen LogP contribution >= 0.6 is 22.6 Å². The largest absolute Gasteiger partial charge is 0.318 e. The standard InChI is InChI=1S/C18H16IN5O2/c1-12-9-14(13(2)23(12)16-5-3-15(19)4-6-16)10-21-22-18-8-7-17(11-20-18)24(25)26/h3-11H,1-2H3,(H,20,22)/b21-10-. The van der Waals surface area contributed by atoms with Crippen molar-refractivity contribution in [2.75, 3.05) is 5.43 Å². The quantitative estimate of drug-likeness (QED) is 0.263. The van der Waals surface area contributed by atoms with Gasteiger partial charge in [-0.25, -0.2) is 4.98 Å². The Bertz CT molecular complexity index is 962. The van der Waals surface area contributed by atoms with Crippen LogP contribution in [-0.4, -0.2) is 20.7 Å². The number of pyridine rings is 1. The van der Waals surface area contributed by atoms with Crippen molar-refractivity contribution in [3.05, 3.63) is 79.3 Å². The Hall–Kier alpha value is -2.75. The first kappa shape index (κ1) is 18.1. The summed E-state index contributed by atoms with van der Waals surface area (Å²) >= 11 is 2.29. The van der Waals surface area contributed by atoms with Crippen molar-refractivity contribution < 1.29 is 4.92 Å². The Morgan fingerprint density at radius 3 is 2.58 bits per heavy atom. The maximum absolute atomic E-state index is 10.6. The van der Waals surface area contributed by atoms with Crippen LogP contribution in [0.2, 0.25) is 0 Å². The highest BCUT2D eigenvalue weighted by atomic mass is 127. The zero-order valence-electron chi connectivity index (χ0n) is 14.2. The van der Waals surface area contributed by atoms with E-state index in [4.69, 9.17) is 0 Å². The number of aryl methyl sites for hydroxylation is 1. The molecule has 0 unspecified atom stereocenters. The van der Waals surface area contributed by atoms with Crippen molar-refractivity contribution >= 4 is 40.3 Å². The molecular formula is C18H16IN5O2. The molecule has 0 saturated heterocycles. The van der Waals surface area contributed by atoms with Crippen LogP contribution in [0.15, 0.2) is 53.8 Å². The first-order chi connectivity index (χ1) is 12.5. The summed E-state index contributed by atoms with van der Waals surface area (Å²) in [5.41, 5.74) is 7.00. The molecule has 132 valence electrons. The van der Waals surface area contributed by atoms with E-state index >= 15 is 0 Å². The van der Waals surface area contributed by atoms with Gasteiger partial charge in [-0.05, 0) is 72.8 Å². The molecule has 0 fully saturated rings. The molecule has 3 rings (SSSR count). The van der Waals surface area contributed by atoms with Gasteiger partial charge in [-0.15, -0.1) is 0 Å². The van der Waals surface area contributed by atoms with Crippen LogP contribution in [0, 0.1) is 27.5 Å². The molecule has 8 heteroatoms. The third-order valence-electron chi connectivity index (χ3n) is 3.90. The minimum atomic E-state index is -0.487. The lowest BCUT2D eigenvalue weighted by Crippen LogP contribution is -2.00. The van der Waals surface area contributed by atoms with Crippen LogP contribution in [0.3, 0.4) is 0 Å². The number of hydrogen-bond acceptors (Lipinski definition) is 5. The second kappa shape index (κ2) is 7.65. The normalized spacial score (nSPS) is 11.0. The van der Waals surface area contributed by atoms with Gasteiger partial charge in [-0.2, -0.15) is 5.10 Å². The lowest BCUT2D eigenvalue weighted by Gasteiger charge is -2.09. The molecule has 0 saturated carbocycles. The number of benzene rings is 1. The van der Waals surface area contributed by atoms with Crippen molar-refractivity contribution in [2.45, 2.75) is 13.8 Å². The summed E-state index contributed by atoms with van der Waals surface area (Å²) in [5.74, 6) is 0.443. The lowest BCUT2D eigenvalue weighted by atomic mass is 10.2. The van der Waals surface area contributed by atoms with Crippen LogP contribution in [-0.2, 0) is 0 Å². The van der Waals surface area contributed by atoms with Crippen molar-refractivity contribution in [3.8, 4) is 5.69 Å². The van der Waals surface area contributed by atoms with E-state index in [1.807, 2.05) is 13.8 Å². The molecule has 26 heavy (non-hydrogen) atoms. The Balaban J connectivity index is 1.78. The first-order valence-corrected chi connectivity index (χ1v) is 8.88. The molecule has 0 amide bonds. The average molecular weight is 461 g/mol. The predicted molar refractivity (Wildman–Crippen MR) is 110 cm³/mol. The molecule has 0 aliphatic rings. The molecule has 0 spiro atoms. The summed E-state index contributed by atoms with van der Waals surface area (Å²) in [6.07, 6.45) is 2.91. The van der Waals surface area contributed by atoms with Gasteiger partial charge in [-0.1, -0.05) is 0 Å². The first-order valence-electron chi connectivity index (χ1n) is 7.80. The van der Waals surface area contributed by atoms with Crippen LogP contribution in [0.4, 0.5) is 11.5 Å². The van der Waals surface area contributed by atoms with E-state index in [0.717, 1.165) is 22.6 Å². The molecule has 0 bridgehead atoms. The minimum absolute atomic E-state index is 0.0550. The molecule has 0 radical (unpaired) electrons. The average Bonchev–Trinajstić information content (AvgIpc) is 2.90. The maximum Gasteiger partial charge on any atom is 0.287 e. The number of anilines is 1. The number of rotatable bonds is 5. The third-order valence-corrected chi connectivity index (χ3v) is 4.62. The molecule has 1 N–H and O–H groups in total. The van der Waals surface area contributed by atoms with E-state index in [0.29, 0.717) is 5.82 Å². The Morgan fingerprint density at radius 1 is 1.23 bits per heavy atom. The van der Waals surface area contributed by atoms with Crippen LogP contribution in [0.5, 0.6) is 0 Å². The number of nitrogens with one attached hydrogen (secondary N) is 1. The zero-order valence-corrected chi connectivity index (χ0v) is 16.3. The van der Waals surface area contributed by atoms with E-state index in [1.165, 1.54) is 21.9 Å². The van der Waals surface area contributed by atoms with Gasteiger partial charge in [0.25, 0.3) is 5.69 Å². The topological polar surface area (TPSA) is 85.3 Å². The number of hydrazone groups is 1. The molecule has 2 heterocycles. The molecule has 1 aromatic carbocycles. The Labute approximate surface area is 164 Å². The highest BCUT2D eigenvalue weighted by Gasteiger charge is 2.09. The molecular weight excluding hydrogens is 445 g/mol. The maximum atomic E-state index is 10.6. The molecule has 0 aliphatic heterocycles. The van der Waals surface area contributed by atoms with Crippen molar-refractivity contribution in [1.29, 1.82) is 0 Å². The minimum Gasteiger partial charge on any atom is -0.318 e. The molecule has 0 aliphatic carbocycles. The van der Waals surface area contributed by atoms with Crippen LogP contribution in [0.25, 0.3) is 5.69 Å². The zero-order chi connectivity index (χ0) is 18.7. The van der Waals surface area contributed by atoms with Gasteiger partial charge in [0.2, 0.25) is 0 Å². The van der Waals surface area contributed by atoms with Crippen LogP contribution < -0.4 is 5.43 Å². The SMILES string of the molecule is Cc1cc(/C=N\Nc2ccc([N+](=O)[O-])cn2)c(C)n1-c1ccc(I)cc1. The smallest absolute Gasteiger partial charge is 0.287 e. The summed E-state index contributed by atoms with van der Waals surface area (Å²) in [7, 11) is 0. The fourth-order valence-corrected chi connectivity index (χ4v) is 2.99. The number of hydrogen-bond donors (Lipinski definition) is 1. The summed E-state index contributed by atoms with van der Waals surface area (Å²) in [4.78, 5) is 14.1. The van der Waals surface area contributed by atoms with E-state index in [2.05, 4.69) is 73.0 Å². The number of aromatic nitrogens is 2. The molecule has 7 nitrogen and oxygen atoms in total. The van der Waals surface area contributed by atoms with Gasteiger partial charge in [0.1, 0.15) is 12.0 Å². The summed E-state index contributed by atoms with van der Waals surface area (Å²) in [5, 5.41) is 14.8. The summed E-state index contributed by atoms with van der Waals surface area (Å²) in [6, 6.07) is 13.3. The number of nitrogens with zero attached hydrogens (tertiary/aromatic N) is 4. The van der Waals surface area contributed by atoms with Crippen molar-refractivity contribution in [2.24, 2.45) is 5.10 Å². The second-order valence-corrected chi connectivity index (χ2v) is 6.91.